The fourth-order valence-corrected chi connectivity index (χ4v) is 2.08. The highest BCUT2D eigenvalue weighted by molar-refractivity contribution is 5.74. The molecule has 0 unspecified atom stereocenters. The van der Waals surface area contributed by atoms with Crippen molar-refractivity contribution in [2.24, 2.45) is 0 Å². The average molecular weight is 359 g/mol. The number of nitrogens with zero attached hydrogens (tertiary/aromatic N) is 2. The number of esters is 1. The number of nitrogen functional groups attached to an aromatic ring is 1. The number of benzene rings is 1. The van der Waals surface area contributed by atoms with E-state index in [1.54, 1.807) is 0 Å². The molecule has 2 N–H and O–H groups in total. The van der Waals surface area contributed by atoms with E-state index in [2.05, 4.69) is 14.7 Å². The van der Waals surface area contributed by atoms with Gasteiger partial charge in [-0.2, -0.15) is 13.2 Å². The van der Waals surface area contributed by atoms with Gasteiger partial charge < -0.3 is 15.2 Å². The van der Waals surface area contributed by atoms with E-state index in [9.17, 15) is 22.4 Å². The Balaban J connectivity index is 2.52. The number of carbonyl (C=O) groups is 1. The van der Waals surface area contributed by atoms with Gasteiger partial charge in [0, 0.05) is 5.56 Å². The van der Waals surface area contributed by atoms with Gasteiger partial charge in [-0.15, -0.1) is 0 Å². The van der Waals surface area contributed by atoms with E-state index in [1.165, 1.54) is 14.2 Å². The molecule has 2 aromatic rings. The fourth-order valence-electron chi connectivity index (χ4n) is 2.08. The van der Waals surface area contributed by atoms with Crippen molar-refractivity contribution in [1.29, 1.82) is 0 Å². The average Bonchev–Trinajstić information content (AvgIpc) is 2.53. The van der Waals surface area contributed by atoms with Crippen LogP contribution in [0.15, 0.2) is 18.2 Å². The van der Waals surface area contributed by atoms with Crippen molar-refractivity contribution in [2.75, 3.05) is 20.0 Å². The number of hydrogen-bond donors (Lipinski definition) is 1. The molecule has 25 heavy (non-hydrogen) atoms. The van der Waals surface area contributed by atoms with Gasteiger partial charge >= 0.3 is 12.1 Å². The fraction of sp³-hybridized carbons (Fsp3) is 0.267. The van der Waals surface area contributed by atoms with E-state index >= 15 is 0 Å². The molecule has 0 saturated heterocycles. The van der Waals surface area contributed by atoms with Crippen molar-refractivity contribution < 1.29 is 31.8 Å². The molecular weight excluding hydrogens is 346 g/mol. The highest BCUT2D eigenvalue weighted by atomic mass is 19.4. The van der Waals surface area contributed by atoms with E-state index in [1.807, 2.05) is 0 Å². The zero-order valence-corrected chi connectivity index (χ0v) is 13.1. The summed E-state index contributed by atoms with van der Waals surface area (Å²) in [6.45, 7) is 0. The van der Waals surface area contributed by atoms with Crippen molar-refractivity contribution in [2.45, 2.75) is 12.6 Å². The Morgan fingerprint density at radius 3 is 2.44 bits per heavy atom. The molecule has 0 bridgehead atoms. The predicted molar refractivity (Wildman–Crippen MR) is 79.1 cm³/mol. The minimum Gasteiger partial charge on any atom is -0.491 e. The van der Waals surface area contributed by atoms with Crippen LogP contribution in [0.3, 0.4) is 0 Å². The van der Waals surface area contributed by atoms with Gasteiger partial charge in [-0.25, -0.2) is 14.4 Å². The summed E-state index contributed by atoms with van der Waals surface area (Å²) in [5.41, 5.74) is 4.34. The monoisotopic (exact) mass is 359 g/mol. The van der Waals surface area contributed by atoms with E-state index in [0.717, 1.165) is 6.07 Å². The molecule has 2 rings (SSSR count). The van der Waals surface area contributed by atoms with Crippen LogP contribution in [-0.2, 0) is 22.1 Å². The molecule has 0 aliphatic heterocycles. The Morgan fingerprint density at radius 2 is 1.92 bits per heavy atom. The van der Waals surface area contributed by atoms with Crippen LogP contribution in [0.25, 0.3) is 11.4 Å². The zero-order valence-electron chi connectivity index (χ0n) is 13.1. The van der Waals surface area contributed by atoms with Crippen LogP contribution in [0, 0.1) is 5.82 Å². The summed E-state index contributed by atoms with van der Waals surface area (Å²) in [5, 5.41) is 0. The molecule has 0 spiro atoms. The van der Waals surface area contributed by atoms with Crippen LogP contribution < -0.4 is 10.5 Å². The third kappa shape index (κ3) is 3.95. The van der Waals surface area contributed by atoms with Crippen molar-refractivity contribution in [3.63, 3.8) is 0 Å². The minimum atomic E-state index is -4.82. The van der Waals surface area contributed by atoms with E-state index in [0.29, 0.717) is 12.1 Å². The van der Waals surface area contributed by atoms with Gasteiger partial charge in [0.1, 0.15) is 5.82 Å². The summed E-state index contributed by atoms with van der Waals surface area (Å²) in [7, 11) is 2.46. The molecule has 0 radical (unpaired) electrons. The second kappa shape index (κ2) is 6.91. The molecule has 0 amide bonds. The molecule has 1 aromatic heterocycles. The largest absolute Gasteiger partial charge is 0.491 e. The lowest BCUT2D eigenvalue weighted by Crippen LogP contribution is -2.12. The topological polar surface area (TPSA) is 87.3 Å². The molecule has 1 heterocycles. The Hall–Kier alpha value is -2.91. The third-order valence-corrected chi connectivity index (χ3v) is 3.24. The maximum absolute atomic E-state index is 13.7. The summed E-state index contributed by atoms with van der Waals surface area (Å²) in [6.07, 6.45) is -5.12. The summed E-state index contributed by atoms with van der Waals surface area (Å²) in [5.74, 6) is -2.38. The van der Waals surface area contributed by atoms with Gasteiger partial charge in [-0.05, 0) is 12.1 Å². The molecule has 0 atom stereocenters. The lowest BCUT2D eigenvalue weighted by atomic mass is 10.1. The number of hydrogen-bond acceptors (Lipinski definition) is 6. The number of methoxy groups -OCH3 is 2. The van der Waals surface area contributed by atoms with Gasteiger partial charge in [0.2, 0.25) is 0 Å². The maximum Gasteiger partial charge on any atom is 0.419 e. The highest BCUT2D eigenvalue weighted by Crippen LogP contribution is 2.34. The number of anilines is 1. The third-order valence-electron chi connectivity index (χ3n) is 3.24. The van der Waals surface area contributed by atoms with Crippen LogP contribution in [0.4, 0.5) is 23.4 Å². The van der Waals surface area contributed by atoms with Crippen LogP contribution in [0.2, 0.25) is 0 Å². The Labute approximate surface area is 139 Å². The quantitative estimate of drug-likeness (QED) is 0.667. The predicted octanol–water partition coefficient (Wildman–Crippen LogP) is 2.61. The maximum atomic E-state index is 13.7. The summed E-state index contributed by atoms with van der Waals surface area (Å²) >= 11 is 0. The van der Waals surface area contributed by atoms with Gasteiger partial charge in [-0.1, -0.05) is 6.07 Å². The highest BCUT2D eigenvalue weighted by Gasteiger charge is 2.34. The normalized spacial score (nSPS) is 11.3. The van der Waals surface area contributed by atoms with Crippen molar-refractivity contribution in [1.82, 2.24) is 9.97 Å². The van der Waals surface area contributed by atoms with Crippen molar-refractivity contribution in [3.05, 3.63) is 35.3 Å². The Morgan fingerprint density at radius 1 is 1.24 bits per heavy atom. The van der Waals surface area contributed by atoms with Crippen molar-refractivity contribution in [3.8, 4) is 17.1 Å². The first-order valence-electron chi connectivity index (χ1n) is 6.81. The SMILES string of the molecule is COC(=O)Cc1nc(-c2ccc(C(F)(F)F)c(F)c2)nc(N)c1OC. The van der Waals surface area contributed by atoms with E-state index in [-0.39, 0.29) is 35.1 Å². The van der Waals surface area contributed by atoms with Gasteiger partial charge in [-0.3, -0.25) is 4.79 Å². The summed E-state index contributed by atoms with van der Waals surface area (Å²) < 4.78 is 61.2. The number of ether oxygens (including phenoxy) is 2. The number of aromatic nitrogens is 2. The number of nitrogens with two attached hydrogens (primary N) is 1. The molecule has 10 heteroatoms. The Bertz CT molecular complexity index is 809. The van der Waals surface area contributed by atoms with Crippen LogP contribution in [0.5, 0.6) is 5.75 Å². The molecule has 0 aliphatic carbocycles. The molecule has 0 fully saturated rings. The minimum absolute atomic E-state index is 0.0292. The van der Waals surface area contributed by atoms with Crippen molar-refractivity contribution >= 4 is 11.8 Å². The lowest BCUT2D eigenvalue weighted by molar-refractivity contribution is -0.140. The number of alkyl halides is 3. The Kier molecular flexibility index (Phi) is 5.10. The second-order valence-electron chi connectivity index (χ2n) is 4.86. The number of halogens is 4. The van der Waals surface area contributed by atoms with E-state index in [4.69, 9.17) is 10.5 Å². The first-order valence-corrected chi connectivity index (χ1v) is 6.81. The summed E-state index contributed by atoms with van der Waals surface area (Å²) in [6, 6.07) is 2.23. The number of rotatable bonds is 4. The van der Waals surface area contributed by atoms with E-state index < -0.39 is 23.5 Å². The molecule has 0 aliphatic rings. The van der Waals surface area contributed by atoms with Crippen LogP contribution in [0.1, 0.15) is 11.3 Å². The molecular formula is C15H13F4N3O3. The first-order chi connectivity index (χ1) is 11.7. The molecule has 6 nitrogen and oxygen atoms in total. The molecule has 0 saturated carbocycles. The van der Waals surface area contributed by atoms with Crippen LogP contribution in [-0.4, -0.2) is 30.2 Å². The lowest BCUT2D eigenvalue weighted by Gasteiger charge is -2.12. The standard InChI is InChI=1S/C15H13F4N3O3/c1-24-11(23)6-10-12(25-2)13(20)22-14(21-10)7-3-4-8(9(16)5-7)15(17,18)19/h3-5H,6H2,1-2H3,(H2,20,21,22). The van der Waals surface area contributed by atoms with Gasteiger partial charge in [0.05, 0.1) is 31.9 Å². The zero-order chi connectivity index (χ0) is 18.8. The van der Waals surface area contributed by atoms with Gasteiger partial charge in [0.25, 0.3) is 0 Å². The number of carbonyl (C=O) groups excluding carboxylic acids is 1. The second-order valence-corrected chi connectivity index (χ2v) is 4.86. The summed E-state index contributed by atoms with van der Waals surface area (Å²) in [4.78, 5) is 19.4. The molecule has 134 valence electrons. The molecule has 1 aromatic carbocycles. The van der Waals surface area contributed by atoms with Crippen LogP contribution >= 0.6 is 0 Å². The smallest absolute Gasteiger partial charge is 0.419 e. The first kappa shape index (κ1) is 18.4. The van der Waals surface area contributed by atoms with Gasteiger partial charge in [0.15, 0.2) is 17.4 Å².